The Morgan fingerprint density at radius 3 is 2.70 bits per heavy atom. The van der Waals surface area contributed by atoms with E-state index in [2.05, 4.69) is 26.1 Å². The highest BCUT2D eigenvalue weighted by molar-refractivity contribution is 9.10. The molecule has 1 saturated heterocycles. The first-order valence-corrected chi connectivity index (χ1v) is 7.56. The number of piperidine rings is 1. The second-order valence-corrected chi connectivity index (χ2v) is 5.72. The number of aromatic carboxylic acids is 1. The van der Waals surface area contributed by atoms with Crippen molar-refractivity contribution < 1.29 is 14.3 Å². The number of carbonyl (C=O) groups is 1. The van der Waals surface area contributed by atoms with Gasteiger partial charge in [-0.1, -0.05) is 6.42 Å². The molecule has 1 aliphatic heterocycles. The summed E-state index contributed by atoms with van der Waals surface area (Å²) in [7, 11) is 0. The van der Waals surface area contributed by atoms with Gasteiger partial charge in [-0.2, -0.15) is 0 Å². The zero-order valence-electron chi connectivity index (χ0n) is 11.2. The lowest BCUT2D eigenvalue weighted by atomic mass is 10.1. The number of anilines is 1. The fourth-order valence-corrected chi connectivity index (χ4v) is 2.90. The van der Waals surface area contributed by atoms with Crippen LogP contribution in [0.25, 0.3) is 0 Å². The molecule has 0 aromatic heterocycles. The van der Waals surface area contributed by atoms with Crippen molar-refractivity contribution in [3.63, 3.8) is 0 Å². The zero-order valence-corrected chi connectivity index (χ0v) is 12.7. The van der Waals surface area contributed by atoms with Gasteiger partial charge in [-0.05, 0) is 54.0 Å². The van der Waals surface area contributed by atoms with Gasteiger partial charge in [0.1, 0.15) is 0 Å². The molecule has 1 heterocycles. The second-order valence-electron chi connectivity index (χ2n) is 4.92. The molecule has 2 rings (SSSR count). The molecular weight excluding hydrogens is 327 g/mol. The highest BCUT2D eigenvalue weighted by Crippen LogP contribution is 2.27. The third-order valence-electron chi connectivity index (χ3n) is 3.50. The maximum atomic E-state index is 14.0. The number of carboxylic acids is 1. The van der Waals surface area contributed by atoms with Crippen LogP contribution < -0.4 is 5.32 Å². The topological polar surface area (TPSA) is 52.6 Å². The van der Waals surface area contributed by atoms with E-state index in [4.69, 9.17) is 5.11 Å². The molecule has 1 aliphatic rings. The fraction of sp³-hybridized carbons (Fsp3) is 0.500. The number of likely N-dealkylation sites (tertiary alicyclic amines) is 1. The Bertz CT molecular complexity index is 490. The van der Waals surface area contributed by atoms with Gasteiger partial charge in [-0.25, -0.2) is 9.18 Å². The van der Waals surface area contributed by atoms with Crippen LogP contribution in [0.3, 0.4) is 0 Å². The van der Waals surface area contributed by atoms with Crippen molar-refractivity contribution in [3.8, 4) is 0 Å². The smallest absolute Gasteiger partial charge is 0.336 e. The monoisotopic (exact) mass is 344 g/mol. The molecule has 0 bridgehead atoms. The average Bonchev–Trinajstić information content (AvgIpc) is 2.44. The van der Waals surface area contributed by atoms with Crippen LogP contribution in [0.1, 0.15) is 29.6 Å². The third kappa shape index (κ3) is 3.70. The Kier molecular flexibility index (Phi) is 5.37. The summed E-state index contributed by atoms with van der Waals surface area (Å²) < 4.78 is 14.0. The maximum Gasteiger partial charge on any atom is 0.336 e. The summed E-state index contributed by atoms with van der Waals surface area (Å²) in [6.07, 6.45) is 3.75. The van der Waals surface area contributed by atoms with E-state index in [1.807, 2.05) is 0 Å². The molecule has 0 unspecified atom stereocenters. The van der Waals surface area contributed by atoms with Crippen molar-refractivity contribution in [3.05, 3.63) is 28.0 Å². The Labute approximate surface area is 126 Å². The highest BCUT2D eigenvalue weighted by Gasteiger charge is 2.16. The molecule has 0 atom stereocenters. The van der Waals surface area contributed by atoms with Crippen molar-refractivity contribution in [2.45, 2.75) is 19.3 Å². The third-order valence-corrected chi connectivity index (χ3v) is 4.28. The number of nitrogens with zero attached hydrogens (tertiary/aromatic N) is 1. The van der Waals surface area contributed by atoms with Crippen LogP contribution in [0.15, 0.2) is 16.6 Å². The van der Waals surface area contributed by atoms with E-state index in [0.717, 1.165) is 19.6 Å². The number of hydrogen-bond donors (Lipinski definition) is 2. The molecule has 0 aliphatic carbocycles. The standard InChI is InChI=1S/C14H18BrFN2O2/c15-12-10(14(19)20)4-5-11(13(12)16)17-6-9-18-7-2-1-3-8-18/h4-5,17H,1-3,6-9H2,(H,19,20). The summed E-state index contributed by atoms with van der Waals surface area (Å²) in [5, 5.41) is 11.9. The van der Waals surface area contributed by atoms with E-state index in [-0.39, 0.29) is 10.0 Å². The normalized spacial score (nSPS) is 16.1. The molecule has 6 heteroatoms. The van der Waals surface area contributed by atoms with Crippen LogP contribution in [-0.2, 0) is 0 Å². The Morgan fingerprint density at radius 1 is 1.35 bits per heavy atom. The van der Waals surface area contributed by atoms with Crippen LogP contribution in [-0.4, -0.2) is 42.2 Å². The minimum atomic E-state index is -1.14. The number of halogens is 2. The average molecular weight is 345 g/mol. The summed E-state index contributed by atoms with van der Waals surface area (Å²) in [4.78, 5) is 13.2. The fourth-order valence-electron chi connectivity index (χ4n) is 2.38. The number of benzene rings is 1. The first kappa shape index (κ1) is 15.3. The maximum absolute atomic E-state index is 14.0. The highest BCUT2D eigenvalue weighted by atomic mass is 79.9. The van der Waals surface area contributed by atoms with E-state index in [0.29, 0.717) is 12.2 Å². The van der Waals surface area contributed by atoms with Gasteiger partial charge in [0, 0.05) is 13.1 Å². The number of nitrogens with one attached hydrogen (secondary N) is 1. The summed E-state index contributed by atoms with van der Waals surface area (Å²) in [6, 6.07) is 2.87. The van der Waals surface area contributed by atoms with Gasteiger partial charge in [0.25, 0.3) is 0 Å². The molecule has 0 radical (unpaired) electrons. The van der Waals surface area contributed by atoms with Crippen LogP contribution in [0.2, 0.25) is 0 Å². The van der Waals surface area contributed by atoms with Gasteiger partial charge < -0.3 is 15.3 Å². The summed E-state index contributed by atoms with van der Waals surface area (Å²) in [5.74, 6) is -1.70. The SMILES string of the molecule is O=C(O)c1ccc(NCCN2CCCCC2)c(F)c1Br. The number of carboxylic acid groups (broad SMARTS) is 1. The first-order chi connectivity index (χ1) is 9.59. The van der Waals surface area contributed by atoms with Gasteiger partial charge in [-0.3, -0.25) is 0 Å². The molecular formula is C14H18BrFN2O2. The van der Waals surface area contributed by atoms with Crippen molar-refractivity contribution in [1.29, 1.82) is 0 Å². The number of hydrogen-bond acceptors (Lipinski definition) is 3. The van der Waals surface area contributed by atoms with Crippen molar-refractivity contribution in [2.24, 2.45) is 0 Å². The minimum Gasteiger partial charge on any atom is -0.478 e. The molecule has 0 spiro atoms. The van der Waals surface area contributed by atoms with Crippen molar-refractivity contribution in [2.75, 3.05) is 31.5 Å². The molecule has 1 fully saturated rings. The molecule has 110 valence electrons. The van der Waals surface area contributed by atoms with Gasteiger partial charge in [0.05, 0.1) is 15.7 Å². The van der Waals surface area contributed by atoms with Gasteiger partial charge >= 0.3 is 5.97 Å². The second kappa shape index (κ2) is 7.04. The van der Waals surface area contributed by atoms with E-state index in [9.17, 15) is 9.18 Å². The molecule has 1 aromatic carbocycles. The van der Waals surface area contributed by atoms with E-state index >= 15 is 0 Å². The Morgan fingerprint density at radius 2 is 2.05 bits per heavy atom. The first-order valence-electron chi connectivity index (χ1n) is 6.77. The number of rotatable bonds is 5. The zero-order chi connectivity index (χ0) is 14.5. The van der Waals surface area contributed by atoms with E-state index < -0.39 is 11.8 Å². The molecule has 2 N–H and O–H groups in total. The summed E-state index contributed by atoms with van der Waals surface area (Å²) in [6.45, 7) is 3.73. The van der Waals surface area contributed by atoms with Crippen LogP contribution in [0.4, 0.5) is 10.1 Å². The van der Waals surface area contributed by atoms with Crippen LogP contribution >= 0.6 is 15.9 Å². The molecule has 4 nitrogen and oxygen atoms in total. The Hall–Kier alpha value is -1.14. The van der Waals surface area contributed by atoms with Crippen molar-refractivity contribution >= 4 is 27.6 Å². The van der Waals surface area contributed by atoms with Gasteiger partial charge in [0.2, 0.25) is 0 Å². The lowest BCUT2D eigenvalue weighted by Crippen LogP contribution is -2.33. The van der Waals surface area contributed by atoms with Gasteiger partial charge in [-0.15, -0.1) is 0 Å². The van der Waals surface area contributed by atoms with Crippen LogP contribution in [0.5, 0.6) is 0 Å². The molecule has 20 heavy (non-hydrogen) atoms. The quantitative estimate of drug-likeness (QED) is 0.861. The Balaban J connectivity index is 1.92. The largest absolute Gasteiger partial charge is 0.478 e. The molecule has 1 aromatic rings. The summed E-state index contributed by atoms with van der Waals surface area (Å²) >= 11 is 2.99. The van der Waals surface area contributed by atoms with E-state index in [1.54, 1.807) is 0 Å². The lowest BCUT2D eigenvalue weighted by Gasteiger charge is -2.26. The predicted molar refractivity (Wildman–Crippen MR) is 79.8 cm³/mol. The minimum absolute atomic E-state index is 0.00651. The van der Waals surface area contributed by atoms with Gasteiger partial charge in [0.15, 0.2) is 5.82 Å². The summed E-state index contributed by atoms with van der Waals surface area (Å²) in [5.41, 5.74) is 0.267. The molecule has 0 saturated carbocycles. The van der Waals surface area contributed by atoms with Crippen LogP contribution in [0, 0.1) is 5.82 Å². The molecule has 0 amide bonds. The lowest BCUT2D eigenvalue weighted by molar-refractivity contribution is 0.0695. The predicted octanol–water partition coefficient (Wildman–Crippen LogP) is 3.18. The van der Waals surface area contributed by atoms with Crippen molar-refractivity contribution in [1.82, 2.24) is 4.90 Å². The van der Waals surface area contributed by atoms with E-state index in [1.165, 1.54) is 31.4 Å².